The third kappa shape index (κ3) is 3.29. The van der Waals surface area contributed by atoms with Gasteiger partial charge in [-0.15, -0.1) is 0 Å². The molecule has 1 saturated carbocycles. The molecule has 1 unspecified atom stereocenters. The first-order valence-electron chi connectivity index (χ1n) is 8.58. The number of nitrogens with one attached hydrogen (secondary N) is 1. The Morgan fingerprint density at radius 2 is 2.14 bits per heavy atom. The fraction of sp³-hybridized carbons (Fsp3) is 0.875. The summed E-state index contributed by atoms with van der Waals surface area (Å²) in [5.41, 5.74) is 0.361. The molecule has 1 atom stereocenters. The first-order chi connectivity index (χ1) is 10.2. The molecule has 5 nitrogen and oxygen atoms in total. The van der Waals surface area contributed by atoms with Crippen LogP contribution in [0.25, 0.3) is 0 Å². The molecule has 1 aromatic heterocycles. The van der Waals surface area contributed by atoms with Crippen molar-refractivity contribution in [3.8, 4) is 0 Å². The molecule has 0 aromatic carbocycles. The number of nitrogens with zero attached hydrogens (tertiary/aromatic N) is 4. The Hall–Kier alpha value is -0.940. The molecule has 0 bridgehead atoms. The van der Waals surface area contributed by atoms with Crippen molar-refractivity contribution in [1.29, 1.82) is 0 Å². The van der Waals surface area contributed by atoms with Crippen LogP contribution in [0.2, 0.25) is 0 Å². The van der Waals surface area contributed by atoms with Gasteiger partial charge < -0.3 is 5.32 Å². The summed E-state index contributed by atoms with van der Waals surface area (Å²) in [5.74, 6) is 1.12. The van der Waals surface area contributed by atoms with Crippen molar-refractivity contribution in [3.63, 3.8) is 0 Å². The first-order valence-corrected chi connectivity index (χ1v) is 8.58. The molecule has 0 amide bonds. The topological polar surface area (TPSA) is 46.0 Å². The van der Waals surface area contributed by atoms with Crippen LogP contribution >= 0.6 is 0 Å². The fourth-order valence-electron chi connectivity index (χ4n) is 3.86. The van der Waals surface area contributed by atoms with Gasteiger partial charge in [0.1, 0.15) is 12.2 Å². The Balaban J connectivity index is 1.69. The van der Waals surface area contributed by atoms with E-state index >= 15 is 0 Å². The largest absolute Gasteiger partial charge is 0.308 e. The van der Waals surface area contributed by atoms with Gasteiger partial charge in [0.15, 0.2) is 0 Å². The van der Waals surface area contributed by atoms with Crippen molar-refractivity contribution in [1.82, 2.24) is 25.0 Å². The standard InChI is InChI=1S/C16H29N5/c1-3-9-21-15(17-13-19-21)11-20-12-16(18-10-14(20)2)7-5-4-6-8-16/h13-14,18H,3-12H2,1-2H3. The van der Waals surface area contributed by atoms with E-state index in [4.69, 9.17) is 0 Å². The summed E-state index contributed by atoms with van der Waals surface area (Å²) in [5, 5.41) is 8.21. The third-order valence-electron chi connectivity index (χ3n) is 5.19. The van der Waals surface area contributed by atoms with Crippen LogP contribution in [-0.4, -0.2) is 44.3 Å². The zero-order valence-electron chi connectivity index (χ0n) is 13.5. The zero-order chi connectivity index (χ0) is 14.7. The van der Waals surface area contributed by atoms with E-state index in [1.807, 2.05) is 0 Å². The molecule has 118 valence electrons. The van der Waals surface area contributed by atoms with Crippen LogP contribution in [0.15, 0.2) is 6.33 Å². The number of aryl methyl sites for hydroxylation is 1. The summed E-state index contributed by atoms with van der Waals surface area (Å²) in [6.07, 6.45) is 9.63. The summed E-state index contributed by atoms with van der Waals surface area (Å²) in [4.78, 5) is 7.10. The highest BCUT2D eigenvalue weighted by Gasteiger charge is 2.38. The molecule has 2 heterocycles. The predicted molar refractivity (Wildman–Crippen MR) is 84.0 cm³/mol. The highest BCUT2D eigenvalue weighted by molar-refractivity contribution is 5.00. The highest BCUT2D eigenvalue weighted by atomic mass is 15.4. The van der Waals surface area contributed by atoms with E-state index < -0.39 is 0 Å². The maximum absolute atomic E-state index is 4.49. The van der Waals surface area contributed by atoms with Crippen molar-refractivity contribution in [2.24, 2.45) is 0 Å². The Morgan fingerprint density at radius 1 is 1.33 bits per heavy atom. The minimum absolute atomic E-state index is 0.361. The van der Waals surface area contributed by atoms with E-state index in [0.29, 0.717) is 11.6 Å². The van der Waals surface area contributed by atoms with Gasteiger partial charge in [0.2, 0.25) is 0 Å². The molecule has 1 spiro atoms. The van der Waals surface area contributed by atoms with E-state index in [1.165, 1.54) is 32.1 Å². The van der Waals surface area contributed by atoms with Gasteiger partial charge in [-0.3, -0.25) is 4.90 Å². The van der Waals surface area contributed by atoms with E-state index in [0.717, 1.165) is 38.4 Å². The minimum Gasteiger partial charge on any atom is -0.308 e. The summed E-state index contributed by atoms with van der Waals surface area (Å²) >= 11 is 0. The highest BCUT2D eigenvalue weighted by Crippen LogP contribution is 2.32. The first kappa shape index (κ1) is 15.0. The van der Waals surface area contributed by atoms with Crippen LogP contribution in [0.1, 0.15) is 58.2 Å². The number of hydrogen-bond donors (Lipinski definition) is 1. The van der Waals surface area contributed by atoms with E-state index in [9.17, 15) is 0 Å². The molecule has 5 heteroatoms. The second-order valence-electron chi connectivity index (χ2n) is 6.88. The average Bonchev–Trinajstić information content (AvgIpc) is 2.92. The Bertz CT molecular complexity index is 449. The molecule has 1 N–H and O–H groups in total. The lowest BCUT2D eigenvalue weighted by molar-refractivity contribution is 0.0544. The molecule has 0 radical (unpaired) electrons. The quantitative estimate of drug-likeness (QED) is 0.923. The van der Waals surface area contributed by atoms with E-state index in [2.05, 4.69) is 38.8 Å². The van der Waals surface area contributed by atoms with Crippen molar-refractivity contribution in [2.75, 3.05) is 13.1 Å². The zero-order valence-corrected chi connectivity index (χ0v) is 13.5. The van der Waals surface area contributed by atoms with Crippen LogP contribution in [0.4, 0.5) is 0 Å². The van der Waals surface area contributed by atoms with Gasteiger partial charge in [-0.05, 0) is 26.2 Å². The smallest absolute Gasteiger partial charge is 0.141 e. The Morgan fingerprint density at radius 3 is 2.90 bits per heavy atom. The summed E-state index contributed by atoms with van der Waals surface area (Å²) < 4.78 is 2.07. The maximum atomic E-state index is 4.49. The molecule has 2 fully saturated rings. The molecule has 1 aliphatic heterocycles. The molecule has 2 aliphatic rings. The van der Waals surface area contributed by atoms with Crippen LogP contribution < -0.4 is 5.32 Å². The summed E-state index contributed by atoms with van der Waals surface area (Å²) in [6.45, 7) is 8.68. The Kier molecular flexibility index (Phi) is 4.60. The number of aromatic nitrogens is 3. The van der Waals surface area contributed by atoms with Crippen molar-refractivity contribution in [3.05, 3.63) is 12.2 Å². The van der Waals surface area contributed by atoms with Crippen molar-refractivity contribution in [2.45, 2.75) is 77.0 Å². The van der Waals surface area contributed by atoms with Gasteiger partial charge in [0.25, 0.3) is 0 Å². The summed E-state index contributed by atoms with van der Waals surface area (Å²) in [7, 11) is 0. The fourth-order valence-corrected chi connectivity index (χ4v) is 3.86. The lowest BCUT2D eigenvalue weighted by Gasteiger charge is -2.48. The van der Waals surface area contributed by atoms with Gasteiger partial charge in [-0.1, -0.05) is 26.2 Å². The third-order valence-corrected chi connectivity index (χ3v) is 5.19. The minimum atomic E-state index is 0.361. The lowest BCUT2D eigenvalue weighted by atomic mass is 9.79. The van der Waals surface area contributed by atoms with Gasteiger partial charge in [-0.25, -0.2) is 9.67 Å². The number of piperazine rings is 1. The average molecular weight is 291 g/mol. The second kappa shape index (κ2) is 6.44. The number of hydrogen-bond acceptors (Lipinski definition) is 4. The van der Waals surface area contributed by atoms with Gasteiger partial charge >= 0.3 is 0 Å². The predicted octanol–water partition coefficient (Wildman–Crippen LogP) is 2.18. The van der Waals surface area contributed by atoms with Crippen molar-refractivity contribution >= 4 is 0 Å². The number of rotatable bonds is 4. The molecule has 1 aliphatic carbocycles. The Labute approximate surface area is 128 Å². The van der Waals surface area contributed by atoms with Crippen LogP contribution in [0.5, 0.6) is 0 Å². The molecule has 3 rings (SSSR count). The van der Waals surface area contributed by atoms with E-state index in [1.54, 1.807) is 6.33 Å². The van der Waals surface area contributed by atoms with Gasteiger partial charge in [0, 0.05) is 31.2 Å². The van der Waals surface area contributed by atoms with Crippen molar-refractivity contribution < 1.29 is 0 Å². The maximum Gasteiger partial charge on any atom is 0.141 e. The summed E-state index contributed by atoms with van der Waals surface area (Å²) in [6, 6.07) is 0.573. The van der Waals surface area contributed by atoms with Crippen LogP contribution in [0, 0.1) is 0 Å². The monoisotopic (exact) mass is 291 g/mol. The van der Waals surface area contributed by atoms with Crippen LogP contribution in [-0.2, 0) is 13.1 Å². The molecule has 21 heavy (non-hydrogen) atoms. The van der Waals surface area contributed by atoms with Gasteiger partial charge in [0.05, 0.1) is 6.54 Å². The SMILES string of the molecule is CCCn1ncnc1CN1CC2(CCCCC2)NCC1C. The molecular formula is C16H29N5. The van der Waals surface area contributed by atoms with Gasteiger partial charge in [-0.2, -0.15) is 5.10 Å². The van der Waals surface area contributed by atoms with Crippen LogP contribution in [0.3, 0.4) is 0 Å². The normalized spacial score (nSPS) is 26.3. The molecule has 1 aromatic rings. The second-order valence-corrected chi connectivity index (χ2v) is 6.88. The lowest BCUT2D eigenvalue weighted by Crippen LogP contribution is -2.63. The molecular weight excluding hydrogens is 262 g/mol. The molecule has 1 saturated heterocycles. The van der Waals surface area contributed by atoms with E-state index in [-0.39, 0.29) is 0 Å².